The number of nitrogens with zero attached hydrogens (tertiary/aromatic N) is 2. The predicted octanol–water partition coefficient (Wildman–Crippen LogP) is 1.45. The maximum atomic E-state index is 11.8. The molecule has 18 heavy (non-hydrogen) atoms. The highest BCUT2D eigenvalue weighted by Crippen LogP contribution is 2.13. The van der Waals surface area contributed by atoms with Crippen molar-refractivity contribution in [3.05, 3.63) is 29.8 Å². The fourth-order valence-electron chi connectivity index (χ4n) is 1.71. The molecule has 0 fully saturated rings. The van der Waals surface area contributed by atoms with E-state index in [2.05, 4.69) is 0 Å². The summed E-state index contributed by atoms with van der Waals surface area (Å²) < 4.78 is 0. The number of amides is 1. The van der Waals surface area contributed by atoms with Crippen LogP contribution in [-0.4, -0.2) is 38.0 Å². The minimum Gasteiger partial charge on any atom is -0.378 e. The topological polar surface area (TPSA) is 49.6 Å². The molecule has 0 spiro atoms. The molecule has 0 aliphatic carbocycles. The van der Waals surface area contributed by atoms with Crippen LogP contribution >= 0.6 is 0 Å². The molecule has 4 nitrogen and oxygen atoms in total. The second-order valence-electron chi connectivity index (χ2n) is 4.77. The number of likely N-dealkylation sites (N-methyl/N-ethyl adjacent to an activating group) is 1. The van der Waals surface area contributed by atoms with Crippen LogP contribution in [0.1, 0.15) is 18.9 Å². The largest absolute Gasteiger partial charge is 0.378 e. The normalized spacial score (nSPS) is 12.1. The molecule has 0 saturated heterocycles. The van der Waals surface area contributed by atoms with Crippen LogP contribution in [0, 0.1) is 0 Å². The first kappa shape index (κ1) is 14.5. The molecule has 1 aromatic carbocycles. The summed E-state index contributed by atoms with van der Waals surface area (Å²) >= 11 is 0. The van der Waals surface area contributed by atoms with Crippen molar-refractivity contribution < 1.29 is 4.79 Å². The van der Waals surface area contributed by atoms with Crippen LogP contribution in [-0.2, 0) is 11.3 Å². The highest BCUT2D eigenvalue weighted by Gasteiger charge is 2.15. The third-order valence-corrected chi connectivity index (χ3v) is 3.01. The Hall–Kier alpha value is -1.55. The lowest BCUT2D eigenvalue weighted by Crippen LogP contribution is -2.40. The van der Waals surface area contributed by atoms with Crippen LogP contribution < -0.4 is 10.6 Å². The van der Waals surface area contributed by atoms with E-state index in [0.29, 0.717) is 13.0 Å². The van der Waals surface area contributed by atoms with E-state index < -0.39 is 6.04 Å². The summed E-state index contributed by atoms with van der Waals surface area (Å²) in [5.41, 5.74) is 8.00. The molecule has 0 aliphatic heterocycles. The Morgan fingerprint density at radius 3 is 2.22 bits per heavy atom. The Morgan fingerprint density at radius 2 is 1.78 bits per heavy atom. The van der Waals surface area contributed by atoms with Crippen molar-refractivity contribution in [1.82, 2.24) is 4.90 Å². The van der Waals surface area contributed by atoms with Crippen LogP contribution in [0.5, 0.6) is 0 Å². The smallest absolute Gasteiger partial charge is 0.239 e. The van der Waals surface area contributed by atoms with Crippen molar-refractivity contribution in [3.8, 4) is 0 Å². The van der Waals surface area contributed by atoms with E-state index in [9.17, 15) is 4.79 Å². The van der Waals surface area contributed by atoms with Crippen molar-refractivity contribution >= 4 is 11.6 Å². The van der Waals surface area contributed by atoms with E-state index in [1.807, 2.05) is 50.2 Å². The van der Waals surface area contributed by atoms with Gasteiger partial charge in [0.05, 0.1) is 6.04 Å². The fourth-order valence-corrected chi connectivity index (χ4v) is 1.71. The number of benzene rings is 1. The van der Waals surface area contributed by atoms with Crippen molar-refractivity contribution in [1.29, 1.82) is 0 Å². The van der Waals surface area contributed by atoms with Gasteiger partial charge in [-0.15, -0.1) is 0 Å². The molecule has 0 bridgehead atoms. The number of carbonyl (C=O) groups is 1. The van der Waals surface area contributed by atoms with Crippen LogP contribution in [0.15, 0.2) is 24.3 Å². The van der Waals surface area contributed by atoms with Gasteiger partial charge in [0.25, 0.3) is 0 Å². The number of anilines is 1. The van der Waals surface area contributed by atoms with Crippen LogP contribution in [0.2, 0.25) is 0 Å². The molecule has 1 rings (SSSR count). The van der Waals surface area contributed by atoms with Crippen LogP contribution in [0.3, 0.4) is 0 Å². The highest BCUT2D eigenvalue weighted by atomic mass is 16.2. The molecule has 2 N–H and O–H groups in total. The van der Waals surface area contributed by atoms with E-state index in [-0.39, 0.29) is 5.91 Å². The van der Waals surface area contributed by atoms with Gasteiger partial charge in [-0.3, -0.25) is 4.79 Å². The Labute approximate surface area is 109 Å². The van der Waals surface area contributed by atoms with Gasteiger partial charge in [0.15, 0.2) is 0 Å². The minimum absolute atomic E-state index is 0.00538. The molecule has 0 aromatic heterocycles. The monoisotopic (exact) mass is 249 g/mol. The molecule has 0 aliphatic rings. The molecule has 4 heteroatoms. The Bertz CT molecular complexity index is 387. The van der Waals surface area contributed by atoms with Gasteiger partial charge in [0.2, 0.25) is 5.91 Å². The van der Waals surface area contributed by atoms with Crippen LogP contribution in [0.4, 0.5) is 5.69 Å². The zero-order valence-electron chi connectivity index (χ0n) is 11.7. The Morgan fingerprint density at radius 1 is 1.22 bits per heavy atom. The van der Waals surface area contributed by atoms with Gasteiger partial charge in [0, 0.05) is 33.4 Å². The average Bonchev–Trinajstić information content (AvgIpc) is 2.37. The number of carbonyl (C=O) groups excluding carboxylic acids is 1. The molecule has 1 amide bonds. The Kier molecular flexibility index (Phi) is 5.16. The Balaban J connectivity index is 2.64. The average molecular weight is 249 g/mol. The number of nitrogens with two attached hydrogens (primary N) is 1. The van der Waals surface area contributed by atoms with E-state index in [1.165, 1.54) is 0 Å². The molecular formula is C14H23N3O. The summed E-state index contributed by atoms with van der Waals surface area (Å²) in [6.45, 7) is 2.52. The van der Waals surface area contributed by atoms with Crippen LogP contribution in [0.25, 0.3) is 0 Å². The predicted molar refractivity (Wildman–Crippen MR) is 75.5 cm³/mol. The first-order chi connectivity index (χ1) is 8.45. The van der Waals surface area contributed by atoms with Crippen molar-refractivity contribution in [2.24, 2.45) is 5.73 Å². The van der Waals surface area contributed by atoms with Gasteiger partial charge in [-0.25, -0.2) is 0 Å². The molecule has 0 saturated carbocycles. The summed E-state index contributed by atoms with van der Waals surface area (Å²) in [6, 6.07) is 7.78. The standard InChI is InChI=1S/C14H23N3O/c1-5-13(15)14(18)17(4)10-11-6-8-12(9-7-11)16(2)3/h6-9,13H,5,10,15H2,1-4H3/t13-/m0/s1. The molecule has 0 heterocycles. The van der Waals surface area contributed by atoms with Crippen molar-refractivity contribution in [2.45, 2.75) is 25.9 Å². The van der Waals surface area contributed by atoms with Gasteiger partial charge in [-0.2, -0.15) is 0 Å². The summed E-state index contributed by atoms with van der Waals surface area (Å²) in [6.07, 6.45) is 0.669. The second-order valence-corrected chi connectivity index (χ2v) is 4.77. The fraction of sp³-hybridized carbons (Fsp3) is 0.500. The summed E-state index contributed by atoms with van der Waals surface area (Å²) in [4.78, 5) is 15.6. The summed E-state index contributed by atoms with van der Waals surface area (Å²) in [5.74, 6) is -0.00538. The third kappa shape index (κ3) is 3.74. The minimum atomic E-state index is -0.393. The van der Waals surface area contributed by atoms with Gasteiger partial charge in [-0.05, 0) is 24.1 Å². The number of rotatable bonds is 5. The molecule has 0 unspecified atom stereocenters. The molecule has 100 valence electrons. The lowest BCUT2D eigenvalue weighted by molar-refractivity contribution is -0.131. The molecule has 0 radical (unpaired) electrons. The van der Waals surface area contributed by atoms with Gasteiger partial charge >= 0.3 is 0 Å². The summed E-state index contributed by atoms with van der Waals surface area (Å²) in [7, 11) is 5.80. The SMILES string of the molecule is CC[C@H](N)C(=O)N(C)Cc1ccc(N(C)C)cc1. The number of hydrogen-bond acceptors (Lipinski definition) is 3. The maximum Gasteiger partial charge on any atom is 0.239 e. The summed E-state index contributed by atoms with van der Waals surface area (Å²) in [5, 5.41) is 0. The first-order valence-electron chi connectivity index (χ1n) is 6.22. The quantitative estimate of drug-likeness (QED) is 0.859. The zero-order chi connectivity index (χ0) is 13.7. The maximum absolute atomic E-state index is 11.8. The first-order valence-corrected chi connectivity index (χ1v) is 6.22. The van der Waals surface area contributed by atoms with E-state index in [1.54, 1.807) is 11.9 Å². The van der Waals surface area contributed by atoms with E-state index in [4.69, 9.17) is 5.73 Å². The zero-order valence-corrected chi connectivity index (χ0v) is 11.7. The van der Waals surface area contributed by atoms with Gasteiger partial charge < -0.3 is 15.5 Å². The molecular weight excluding hydrogens is 226 g/mol. The van der Waals surface area contributed by atoms with Crippen molar-refractivity contribution in [2.75, 3.05) is 26.0 Å². The third-order valence-electron chi connectivity index (χ3n) is 3.01. The second kappa shape index (κ2) is 6.40. The van der Waals surface area contributed by atoms with Crippen molar-refractivity contribution in [3.63, 3.8) is 0 Å². The van der Waals surface area contributed by atoms with Gasteiger partial charge in [-0.1, -0.05) is 19.1 Å². The highest BCUT2D eigenvalue weighted by molar-refractivity contribution is 5.81. The van der Waals surface area contributed by atoms with E-state index >= 15 is 0 Å². The van der Waals surface area contributed by atoms with Gasteiger partial charge in [0.1, 0.15) is 0 Å². The number of hydrogen-bond donors (Lipinski definition) is 1. The molecule has 1 atom stereocenters. The lowest BCUT2D eigenvalue weighted by Gasteiger charge is -2.21. The molecule has 1 aromatic rings. The van der Waals surface area contributed by atoms with E-state index in [0.717, 1.165) is 11.3 Å². The lowest BCUT2D eigenvalue weighted by atomic mass is 10.1.